The van der Waals surface area contributed by atoms with Gasteiger partial charge in [-0.2, -0.15) is 12.6 Å². The predicted molar refractivity (Wildman–Crippen MR) is 56.3 cm³/mol. The van der Waals surface area contributed by atoms with Gasteiger partial charge in [0.15, 0.2) is 0 Å². The molecule has 0 aliphatic carbocycles. The van der Waals surface area contributed by atoms with Crippen molar-refractivity contribution in [3.8, 4) is 11.8 Å². The van der Waals surface area contributed by atoms with Crippen molar-refractivity contribution in [3.05, 3.63) is 23.4 Å². The second-order valence-electron chi connectivity index (χ2n) is 2.42. The van der Waals surface area contributed by atoms with Crippen LogP contribution in [0, 0.1) is 11.8 Å². The number of hydrogen-bond acceptors (Lipinski definition) is 4. The van der Waals surface area contributed by atoms with E-state index in [4.69, 9.17) is 10.8 Å². The molecule has 5 heteroatoms. The Morgan fingerprint density at radius 1 is 1.71 bits per heavy atom. The molecule has 1 rings (SSSR count). The lowest BCUT2D eigenvalue weighted by Gasteiger charge is -1.98. The molecule has 0 aromatic carbocycles. The number of rotatable bonds is 1. The monoisotopic (exact) mass is 208 g/mol. The molecule has 0 aliphatic heterocycles. The highest BCUT2D eigenvalue weighted by molar-refractivity contribution is 7.80. The number of nitrogens with zero attached hydrogens (tertiary/aromatic N) is 1. The number of thiol groups is 1. The normalized spacial score (nSPS) is 8.93. The first-order valence-corrected chi connectivity index (χ1v) is 4.37. The Labute approximate surface area is 86.6 Å². The molecular formula is C9H8N2O2S. The highest BCUT2D eigenvalue weighted by Crippen LogP contribution is 2.09. The van der Waals surface area contributed by atoms with E-state index in [-0.39, 0.29) is 11.4 Å². The van der Waals surface area contributed by atoms with Gasteiger partial charge in [0.25, 0.3) is 0 Å². The fraction of sp³-hybridized carbons (Fsp3) is 0.111. The highest BCUT2D eigenvalue weighted by atomic mass is 32.1. The molecule has 0 atom stereocenters. The molecule has 1 aromatic heterocycles. The molecule has 1 aromatic rings. The Balaban J connectivity index is 3.14. The molecule has 0 spiro atoms. The molecule has 1 heterocycles. The standard InChI is InChI=1S/C9H8N2O2S/c10-8-6(2-1-3-14)4-7(5-11-8)9(12)13/h4-5,14H,3H2,(H2,10,11)(H,12,13). The van der Waals surface area contributed by atoms with Gasteiger partial charge in [-0.25, -0.2) is 9.78 Å². The molecule has 3 N–H and O–H groups in total. The van der Waals surface area contributed by atoms with Crippen molar-refractivity contribution < 1.29 is 9.90 Å². The molecule has 0 saturated carbocycles. The average molecular weight is 208 g/mol. The van der Waals surface area contributed by atoms with E-state index in [1.54, 1.807) is 0 Å². The number of carboxylic acids is 1. The van der Waals surface area contributed by atoms with Crippen LogP contribution >= 0.6 is 12.6 Å². The first-order chi connectivity index (χ1) is 6.65. The Morgan fingerprint density at radius 3 is 3.00 bits per heavy atom. The van der Waals surface area contributed by atoms with Gasteiger partial charge in [-0.3, -0.25) is 0 Å². The predicted octanol–water partition coefficient (Wildman–Crippen LogP) is 0.643. The quantitative estimate of drug-likeness (QED) is 0.467. The van der Waals surface area contributed by atoms with Crippen LogP contribution < -0.4 is 5.73 Å². The lowest BCUT2D eigenvalue weighted by Crippen LogP contribution is -2.01. The van der Waals surface area contributed by atoms with Gasteiger partial charge in [-0.05, 0) is 6.07 Å². The molecule has 0 radical (unpaired) electrons. The molecule has 14 heavy (non-hydrogen) atoms. The van der Waals surface area contributed by atoms with Crippen molar-refractivity contribution in [2.24, 2.45) is 0 Å². The van der Waals surface area contributed by atoms with Gasteiger partial charge < -0.3 is 10.8 Å². The number of nitrogens with two attached hydrogens (primary N) is 1. The number of pyridine rings is 1. The Bertz CT molecular complexity index is 421. The minimum atomic E-state index is -1.05. The maximum atomic E-state index is 10.6. The van der Waals surface area contributed by atoms with Crippen LogP contribution in [0.25, 0.3) is 0 Å². The van der Waals surface area contributed by atoms with Gasteiger partial charge >= 0.3 is 5.97 Å². The van der Waals surface area contributed by atoms with E-state index in [0.717, 1.165) is 0 Å². The molecule has 0 bridgehead atoms. The zero-order chi connectivity index (χ0) is 10.6. The summed E-state index contributed by atoms with van der Waals surface area (Å²) in [6, 6.07) is 1.39. The summed E-state index contributed by atoms with van der Waals surface area (Å²) in [4.78, 5) is 14.3. The highest BCUT2D eigenvalue weighted by Gasteiger charge is 2.05. The number of carbonyl (C=O) groups is 1. The van der Waals surface area contributed by atoms with Gasteiger partial charge in [0.1, 0.15) is 5.82 Å². The number of aromatic carboxylic acids is 1. The van der Waals surface area contributed by atoms with Gasteiger partial charge in [-0.15, -0.1) is 0 Å². The van der Waals surface area contributed by atoms with E-state index >= 15 is 0 Å². The smallest absolute Gasteiger partial charge is 0.337 e. The third-order valence-corrected chi connectivity index (χ3v) is 1.63. The van der Waals surface area contributed by atoms with E-state index in [2.05, 4.69) is 29.5 Å². The summed E-state index contributed by atoms with van der Waals surface area (Å²) < 4.78 is 0. The zero-order valence-electron chi connectivity index (χ0n) is 7.19. The summed E-state index contributed by atoms with van der Waals surface area (Å²) in [5, 5.41) is 8.68. The van der Waals surface area contributed by atoms with Crippen LogP contribution in [0.1, 0.15) is 15.9 Å². The van der Waals surface area contributed by atoms with E-state index in [1.165, 1.54) is 12.3 Å². The van der Waals surface area contributed by atoms with Crippen molar-refractivity contribution in [2.45, 2.75) is 0 Å². The summed E-state index contributed by atoms with van der Waals surface area (Å²) in [7, 11) is 0. The van der Waals surface area contributed by atoms with E-state index in [0.29, 0.717) is 11.3 Å². The van der Waals surface area contributed by atoms with Crippen molar-refractivity contribution in [1.82, 2.24) is 4.98 Å². The first-order valence-electron chi connectivity index (χ1n) is 3.73. The summed E-state index contributed by atoms with van der Waals surface area (Å²) in [6.45, 7) is 0. The molecular weight excluding hydrogens is 200 g/mol. The Hall–Kier alpha value is -1.67. The van der Waals surface area contributed by atoms with Gasteiger partial charge in [0.05, 0.1) is 16.9 Å². The van der Waals surface area contributed by atoms with Crippen molar-refractivity contribution in [2.75, 3.05) is 11.5 Å². The van der Waals surface area contributed by atoms with Gasteiger partial charge in [0, 0.05) is 6.20 Å². The maximum Gasteiger partial charge on any atom is 0.337 e. The Morgan fingerprint density at radius 2 is 2.43 bits per heavy atom. The minimum Gasteiger partial charge on any atom is -0.478 e. The van der Waals surface area contributed by atoms with Gasteiger partial charge in [-0.1, -0.05) is 11.8 Å². The van der Waals surface area contributed by atoms with Crippen LogP contribution in [0.5, 0.6) is 0 Å². The largest absolute Gasteiger partial charge is 0.478 e. The van der Waals surface area contributed by atoms with Crippen LogP contribution in [0.4, 0.5) is 5.82 Å². The van der Waals surface area contributed by atoms with Crippen molar-refractivity contribution >= 4 is 24.4 Å². The molecule has 0 amide bonds. The molecule has 4 nitrogen and oxygen atoms in total. The summed E-state index contributed by atoms with van der Waals surface area (Å²) >= 11 is 3.90. The lowest BCUT2D eigenvalue weighted by molar-refractivity contribution is 0.0696. The van der Waals surface area contributed by atoms with Crippen LogP contribution in [-0.2, 0) is 0 Å². The number of hydrogen-bond donors (Lipinski definition) is 3. The third-order valence-electron chi connectivity index (χ3n) is 1.47. The fourth-order valence-electron chi connectivity index (χ4n) is 0.827. The first kappa shape index (κ1) is 10.4. The average Bonchev–Trinajstić information content (AvgIpc) is 2.16. The summed E-state index contributed by atoms with van der Waals surface area (Å²) in [6.07, 6.45) is 1.20. The minimum absolute atomic E-state index is 0.0719. The molecule has 0 unspecified atom stereocenters. The fourth-order valence-corrected chi connectivity index (χ4v) is 0.906. The van der Waals surface area contributed by atoms with Crippen LogP contribution in [0.2, 0.25) is 0 Å². The summed E-state index contributed by atoms with van der Waals surface area (Å²) in [5.74, 6) is 4.92. The number of aromatic nitrogens is 1. The number of carboxylic acid groups (broad SMARTS) is 1. The zero-order valence-corrected chi connectivity index (χ0v) is 8.08. The van der Waals surface area contributed by atoms with Crippen molar-refractivity contribution in [3.63, 3.8) is 0 Å². The second kappa shape index (κ2) is 4.53. The van der Waals surface area contributed by atoms with E-state index < -0.39 is 5.97 Å². The van der Waals surface area contributed by atoms with E-state index in [1.807, 2.05) is 0 Å². The lowest BCUT2D eigenvalue weighted by atomic mass is 10.2. The Kier molecular flexibility index (Phi) is 3.37. The maximum absolute atomic E-state index is 10.6. The van der Waals surface area contributed by atoms with Crippen LogP contribution in [0.15, 0.2) is 12.3 Å². The third kappa shape index (κ3) is 2.41. The van der Waals surface area contributed by atoms with E-state index in [9.17, 15) is 4.79 Å². The number of anilines is 1. The summed E-state index contributed by atoms with van der Waals surface area (Å²) in [5.41, 5.74) is 5.99. The SMILES string of the molecule is Nc1ncc(C(=O)O)cc1C#CCS. The molecule has 72 valence electrons. The van der Waals surface area contributed by atoms with Crippen LogP contribution in [-0.4, -0.2) is 21.8 Å². The van der Waals surface area contributed by atoms with Crippen LogP contribution in [0.3, 0.4) is 0 Å². The van der Waals surface area contributed by atoms with Gasteiger partial charge in [0.2, 0.25) is 0 Å². The molecule has 0 fully saturated rings. The van der Waals surface area contributed by atoms with Crippen molar-refractivity contribution in [1.29, 1.82) is 0 Å². The molecule has 0 aliphatic rings. The second-order valence-corrected chi connectivity index (χ2v) is 2.74. The molecule has 0 saturated heterocycles. The number of nitrogen functional groups attached to an aromatic ring is 1. The topological polar surface area (TPSA) is 76.2 Å².